The molecule has 1 amide bonds. The molecule has 0 aliphatic carbocycles. The molecule has 1 aromatic carbocycles. The van der Waals surface area contributed by atoms with Crippen molar-refractivity contribution in [3.8, 4) is 5.75 Å². The van der Waals surface area contributed by atoms with Crippen LogP contribution in [-0.4, -0.2) is 20.1 Å². The molecular weight excluding hydrogens is 313 g/mol. The van der Waals surface area contributed by atoms with E-state index in [1.54, 1.807) is 35.2 Å². The lowest BCUT2D eigenvalue weighted by molar-refractivity contribution is 0.0962. The Morgan fingerprint density at radius 2 is 2.29 bits per heavy atom. The molecule has 5 heteroatoms. The number of benzene rings is 1. The maximum Gasteiger partial charge on any atom is 0.251 e. The Morgan fingerprint density at radius 1 is 1.57 bits per heavy atom. The number of hydrogen-bond donors (Lipinski definition) is 1. The molecule has 0 aromatic heterocycles. The highest BCUT2D eigenvalue weighted by Crippen LogP contribution is 2.34. The molecule has 76 valence electrons. The third-order valence-electron chi connectivity index (χ3n) is 1.74. The van der Waals surface area contributed by atoms with Crippen LogP contribution in [0.5, 0.6) is 5.75 Å². The van der Waals surface area contributed by atoms with Crippen molar-refractivity contribution >= 4 is 36.0 Å². The molecule has 0 unspecified atom stereocenters. The maximum absolute atomic E-state index is 11.3. The molecular formula is C9H10INO2S. The summed E-state index contributed by atoms with van der Waals surface area (Å²) in [5, 5.41) is 2.57. The first-order chi connectivity index (χ1) is 6.72. The minimum atomic E-state index is -0.103. The fourth-order valence-corrected chi connectivity index (χ4v) is 2.45. The lowest BCUT2D eigenvalue weighted by atomic mass is 10.2. The second-order valence-corrected chi connectivity index (χ2v) is 4.44. The molecule has 0 saturated heterocycles. The number of carbonyl (C=O) groups excluding carboxylic acids is 1. The van der Waals surface area contributed by atoms with Gasteiger partial charge in [-0.25, -0.2) is 0 Å². The van der Waals surface area contributed by atoms with E-state index in [4.69, 9.17) is 4.74 Å². The van der Waals surface area contributed by atoms with E-state index in [0.717, 1.165) is 10.6 Å². The molecule has 0 atom stereocenters. The fourth-order valence-electron chi connectivity index (χ4n) is 1.02. The van der Waals surface area contributed by atoms with Gasteiger partial charge >= 0.3 is 0 Å². The van der Waals surface area contributed by atoms with Crippen molar-refractivity contribution in [2.75, 3.05) is 14.2 Å². The molecule has 3 nitrogen and oxygen atoms in total. The van der Waals surface area contributed by atoms with Crippen molar-refractivity contribution in [3.05, 3.63) is 23.8 Å². The van der Waals surface area contributed by atoms with Crippen LogP contribution in [0.2, 0.25) is 0 Å². The Kier molecular flexibility index (Phi) is 4.53. The smallest absolute Gasteiger partial charge is 0.251 e. The van der Waals surface area contributed by atoms with E-state index in [1.165, 1.54) is 0 Å². The van der Waals surface area contributed by atoms with Crippen molar-refractivity contribution in [1.29, 1.82) is 0 Å². The first-order valence-corrected chi connectivity index (χ1v) is 7.27. The van der Waals surface area contributed by atoms with Crippen LogP contribution >= 0.6 is 30.1 Å². The highest BCUT2D eigenvalue weighted by molar-refractivity contribution is 14.2. The number of ether oxygens (including phenoxy) is 1. The molecule has 1 rings (SSSR count). The Labute approximate surface area is 99.2 Å². The van der Waals surface area contributed by atoms with Crippen molar-refractivity contribution in [2.24, 2.45) is 0 Å². The standard InChI is InChI=1S/C9H10INO2S/c1-11-9(12)6-3-4-8(14-10)7(5-6)13-2/h3-5H,1-2H3,(H,11,12). The van der Waals surface area contributed by atoms with E-state index in [9.17, 15) is 4.79 Å². The zero-order chi connectivity index (χ0) is 10.6. The summed E-state index contributed by atoms with van der Waals surface area (Å²) in [6.45, 7) is 0. The van der Waals surface area contributed by atoms with E-state index < -0.39 is 0 Å². The number of carbonyl (C=O) groups is 1. The SMILES string of the molecule is CNC(=O)c1ccc(SI)c(OC)c1. The molecule has 0 aliphatic rings. The van der Waals surface area contributed by atoms with Crippen LogP contribution in [0.15, 0.2) is 23.1 Å². The van der Waals surface area contributed by atoms with Crippen molar-refractivity contribution in [1.82, 2.24) is 5.32 Å². The van der Waals surface area contributed by atoms with Crippen LogP contribution < -0.4 is 10.1 Å². The predicted molar refractivity (Wildman–Crippen MR) is 66.3 cm³/mol. The number of amides is 1. The normalized spacial score (nSPS) is 9.64. The first-order valence-electron chi connectivity index (χ1n) is 3.91. The van der Waals surface area contributed by atoms with E-state index in [0.29, 0.717) is 5.56 Å². The highest BCUT2D eigenvalue weighted by atomic mass is 127. The van der Waals surface area contributed by atoms with Gasteiger partial charge in [0.2, 0.25) is 0 Å². The summed E-state index contributed by atoms with van der Waals surface area (Å²) >= 11 is 2.18. The van der Waals surface area contributed by atoms with Crippen molar-refractivity contribution in [2.45, 2.75) is 4.90 Å². The molecule has 0 spiro atoms. The Morgan fingerprint density at radius 3 is 2.79 bits per heavy atom. The second-order valence-electron chi connectivity index (χ2n) is 2.52. The summed E-state index contributed by atoms with van der Waals surface area (Å²) in [7, 11) is 4.76. The van der Waals surface area contributed by atoms with Crippen LogP contribution in [0.3, 0.4) is 0 Å². The number of hydrogen-bond acceptors (Lipinski definition) is 3. The second kappa shape index (κ2) is 5.45. The summed E-state index contributed by atoms with van der Waals surface area (Å²) in [6, 6.07) is 5.39. The third kappa shape index (κ3) is 2.54. The van der Waals surface area contributed by atoms with Gasteiger partial charge in [-0.1, -0.05) is 0 Å². The molecule has 0 aliphatic heterocycles. The fraction of sp³-hybridized carbons (Fsp3) is 0.222. The Hall–Kier alpha value is -0.430. The molecule has 0 radical (unpaired) electrons. The Bertz CT molecular complexity index is 344. The monoisotopic (exact) mass is 323 g/mol. The third-order valence-corrected chi connectivity index (χ3v) is 3.66. The van der Waals surface area contributed by atoms with Crippen LogP contribution in [0, 0.1) is 0 Å². The zero-order valence-electron chi connectivity index (χ0n) is 7.83. The molecule has 14 heavy (non-hydrogen) atoms. The number of nitrogens with one attached hydrogen (secondary N) is 1. The van der Waals surface area contributed by atoms with Crippen LogP contribution in [0.4, 0.5) is 0 Å². The first kappa shape index (κ1) is 11.6. The number of halogens is 1. The largest absolute Gasteiger partial charge is 0.496 e. The topological polar surface area (TPSA) is 38.3 Å². The van der Waals surface area contributed by atoms with Gasteiger partial charge in [0.05, 0.1) is 12.0 Å². The maximum atomic E-state index is 11.3. The van der Waals surface area contributed by atoms with Gasteiger partial charge in [0.1, 0.15) is 5.75 Å². The number of rotatable bonds is 3. The van der Waals surface area contributed by atoms with Gasteiger partial charge in [-0.15, -0.1) is 0 Å². The summed E-state index contributed by atoms with van der Waals surface area (Å²) in [5.41, 5.74) is 0.610. The molecule has 1 aromatic rings. The van der Waals surface area contributed by atoms with Gasteiger partial charge in [-0.3, -0.25) is 4.79 Å². The van der Waals surface area contributed by atoms with Gasteiger partial charge in [-0.2, -0.15) is 0 Å². The molecule has 0 bridgehead atoms. The highest BCUT2D eigenvalue weighted by Gasteiger charge is 2.08. The van der Waals surface area contributed by atoms with E-state index in [-0.39, 0.29) is 5.91 Å². The molecule has 0 saturated carbocycles. The van der Waals surface area contributed by atoms with Gasteiger partial charge in [0, 0.05) is 33.8 Å². The summed E-state index contributed by atoms with van der Waals surface area (Å²) in [6.07, 6.45) is 0. The van der Waals surface area contributed by atoms with E-state index in [2.05, 4.69) is 26.5 Å². The van der Waals surface area contributed by atoms with Crippen LogP contribution in [0.25, 0.3) is 0 Å². The van der Waals surface area contributed by atoms with E-state index >= 15 is 0 Å². The van der Waals surface area contributed by atoms with Crippen molar-refractivity contribution < 1.29 is 9.53 Å². The van der Waals surface area contributed by atoms with Crippen molar-refractivity contribution in [3.63, 3.8) is 0 Å². The summed E-state index contributed by atoms with van der Waals surface area (Å²) in [4.78, 5) is 12.3. The van der Waals surface area contributed by atoms with Crippen LogP contribution in [-0.2, 0) is 0 Å². The van der Waals surface area contributed by atoms with Gasteiger partial charge in [0.25, 0.3) is 5.91 Å². The molecule has 0 heterocycles. The molecule has 1 N–H and O–H groups in total. The molecule has 0 fully saturated rings. The van der Waals surface area contributed by atoms with Gasteiger partial charge < -0.3 is 10.1 Å². The lowest BCUT2D eigenvalue weighted by Crippen LogP contribution is -2.17. The Balaban J connectivity index is 3.07. The predicted octanol–water partition coefficient (Wildman–Crippen LogP) is 2.50. The average molecular weight is 323 g/mol. The minimum absolute atomic E-state index is 0.103. The van der Waals surface area contributed by atoms with E-state index in [1.807, 2.05) is 6.07 Å². The number of methoxy groups -OCH3 is 1. The van der Waals surface area contributed by atoms with Crippen LogP contribution in [0.1, 0.15) is 10.4 Å². The minimum Gasteiger partial charge on any atom is -0.496 e. The van der Waals surface area contributed by atoms with Gasteiger partial charge in [0.15, 0.2) is 0 Å². The average Bonchev–Trinajstić information content (AvgIpc) is 2.26. The van der Waals surface area contributed by atoms with Gasteiger partial charge in [-0.05, 0) is 27.1 Å². The quantitative estimate of drug-likeness (QED) is 0.869. The lowest BCUT2D eigenvalue weighted by Gasteiger charge is -2.07. The zero-order valence-corrected chi connectivity index (χ0v) is 10.8. The summed E-state index contributed by atoms with van der Waals surface area (Å²) in [5.74, 6) is 0.624. The summed E-state index contributed by atoms with van der Waals surface area (Å²) < 4.78 is 5.17.